The molecule has 1 aromatic rings. The van der Waals surface area contributed by atoms with Gasteiger partial charge < -0.3 is 4.74 Å². The molecule has 0 aliphatic heterocycles. The minimum atomic E-state index is -0.348. The second kappa shape index (κ2) is 7.75. The third-order valence-corrected chi connectivity index (χ3v) is 2.74. The van der Waals surface area contributed by atoms with Crippen LogP contribution in [0.15, 0.2) is 18.2 Å². The van der Waals surface area contributed by atoms with Crippen molar-refractivity contribution in [2.24, 2.45) is 0 Å². The molecule has 0 aliphatic carbocycles. The number of ether oxygens (including phenoxy) is 1. The van der Waals surface area contributed by atoms with Gasteiger partial charge in [-0.2, -0.15) is 0 Å². The van der Waals surface area contributed by atoms with Gasteiger partial charge in [0.25, 0.3) is 0 Å². The van der Waals surface area contributed by atoms with E-state index in [0.717, 1.165) is 25.7 Å². The quantitative estimate of drug-likeness (QED) is 0.514. The summed E-state index contributed by atoms with van der Waals surface area (Å²) < 4.78 is 18.2. The first-order valence-corrected chi connectivity index (χ1v) is 6.29. The van der Waals surface area contributed by atoms with Gasteiger partial charge in [-0.25, -0.2) is 4.39 Å². The van der Waals surface area contributed by atoms with Crippen molar-refractivity contribution >= 4 is 23.2 Å². The predicted octanol–water partition coefficient (Wildman–Crippen LogP) is 4.66. The molecule has 1 nitrogen and oxygen atoms in total. The summed E-state index contributed by atoms with van der Waals surface area (Å²) in [5.41, 5.74) is 0. The molecule has 0 radical (unpaired) electrons. The topological polar surface area (TPSA) is 9.23 Å². The van der Waals surface area contributed by atoms with Crippen LogP contribution in [-0.4, -0.2) is 12.5 Å². The zero-order valence-electron chi connectivity index (χ0n) is 9.02. The van der Waals surface area contributed by atoms with Crippen LogP contribution in [0, 0.1) is 5.82 Å². The maximum absolute atomic E-state index is 12.7. The first kappa shape index (κ1) is 13.6. The largest absolute Gasteiger partial charge is 0.492 e. The van der Waals surface area contributed by atoms with Gasteiger partial charge in [-0.1, -0.05) is 24.4 Å². The minimum Gasteiger partial charge on any atom is -0.492 e. The first-order valence-electron chi connectivity index (χ1n) is 5.38. The van der Waals surface area contributed by atoms with E-state index in [0.29, 0.717) is 23.3 Å². The fourth-order valence-electron chi connectivity index (χ4n) is 1.32. The normalized spacial score (nSPS) is 10.4. The summed E-state index contributed by atoms with van der Waals surface area (Å²) in [6.07, 6.45) is 4.21. The molecule has 0 atom stereocenters. The van der Waals surface area contributed by atoms with Gasteiger partial charge in [0.2, 0.25) is 0 Å². The van der Waals surface area contributed by atoms with Gasteiger partial charge in [-0.05, 0) is 31.0 Å². The summed E-state index contributed by atoms with van der Waals surface area (Å²) in [5.74, 6) is 0.907. The van der Waals surface area contributed by atoms with Crippen LogP contribution in [0.4, 0.5) is 4.39 Å². The van der Waals surface area contributed by atoms with Crippen LogP contribution in [0.3, 0.4) is 0 Å². The van der Waals surface area contributed by atoms with Crippen LogP contribution in [-0.2, 0) is 0 Å². The molecule has 0 aromatic heterocycles. The first-order chi connectivity index (χ1) is 7.74. The summed E-state index contributed by atoms with van der Waals surface area (Å²) in [6.45, 7) is 0.605. The number of benzene rings is 1. The molecule has 0 spiro atoms. The number of unbranched alkanes of at least 4 members (excludes halogenated alkanes) is 3. The smallest absolute Gasteiger partial charge is 0.138 e. The predicted molar refractivity (Wildman–Crippen MR) is 66.1 cm³/mol. The molecule has 1 aromatic carbocycles. The highest BCUT2D eigenvalue weighted by molar-refractivity contribution is 6.32. The molecule has 0 amide bonds. The number of halogens is 3. The van der Waals surface area contributed by atoms with Crippen LogP contribution < -0.4 is 4.74 Å². The standard InChI is InChI=1S/C12H15Cl2FO/c13-7-3-1-2-4-8-16-12-6-5-10(15)9-11(12)14/h5-6,9H,1-4,7-8H2. The third-order valence-electron chi connectivity index (χ3n) is 2.18. The molecule has 1 rings (SSSR count). The van der Waals surface area contributed by atoms with Gasteiger partial charge in [0, 0.05) is 5.88 Å². The Hall–Kier alpha value is -0.470. The number of hydrogen-bond donors (Lipinski definition) is 0. The molecule has 0 saturated carbocycles. The maximum atomic E-state index is 12.7. The molecule has 0 saturated heterocycles. The summed E-state index contributed by atoms with van der Waals surface area (Å²) in [7, 11) is 0. The van der Waals surface area contributed by atoms with Gasteiger partial charge in [0.05, 0.1) is 11.6 Å². The molecule has 0 fully saturated rings. The van der Waals surface area contributed by atoms with Gasteiger partial charge >= 0.3 is 0 Å². The lowest BCUT2D eigenvalue weighted by Gasteiger charge is -2.07. The van der Waals surface area contributed by atoms with E-state index >= 15 is 0 Å². The molecule has 0 bridgehead atoms. The highest BCUT2D eigenvalue weighted by Crippen LogP contribution is 2.24. The molecule has 0 N–H and O–H groups in total. The monoisotopic (exact) mass is 264 g/mol. The highest BCUT2D eigenvalue weighted by Gasteiger charge is 2.02. The maximum Gasteiger partial charge on any atom is 0.138 e. The lowest BCUT2D eigenvalue weighted by molar-refractivity contribution is 0.305. The van der Waals surface area contributed by atoms with Crippen molar-refractivity contribution in [1.82, 2.24) is 0 Å². The van der Waals surface area contributed by atoms with Crippen molar-refractivity contribution in [3.05, 3.63) is 29.0 Å². The van der Waals surface area contributed by atoms with E-state index in [1.54, 1.807) is 6.07 Å². The van der Waals surface area contributed by atoms with Crippen molar-refractivity contribution in [2.75, 3.05) is 12.5 Å². The summed E-state index contributed by atoms with van der Waals surface area (Å²) >= 11 is 11.4. The average molecular weight is 265 g/mol. The molecule has 90 valence electrons. The third kappa shape index (κ3) is 5.04. The van der Waals surface area contributed by atoms with Crippen molar-refractivity contribution in [3.63, 3.8) is 0 Å². The molecular formula is C12H15Cl2FO. The van der Waals surface area contributed by atoms with Crippen molar-refractivity contribution in [2.45, 2.75) is 25.7 Å². The molecule has 16 heavy (non-hydrogen) atoms. The van der Waals surface area contributed by atoms with E-state index in [9.17, 15) is 4.39 Å². The lowest BCUT2D eigenvalue weighted by Crippen LogP contribution is -1.98. The van der Waals surface area contributed by atoms with Gasteiger partial charge in [-0.3, -0.25) is 0 Å². The fourth-order valence-corrected chi connectivity index (χ4v) is 1.74. The number of alkyl halides is 1. The summed E-state index contributed by atoms with van der Waals surface area (Å²) in [4.78, 5) is 0. The fraction of sp³-hybridized carbons (Fsp3) is 0.500. The Morgan fingerprint density at radius 3 is 2.56 bits per heavy atom. The second-order valence-corrected chi connectivity index (χ2v) is 4.31. The van der Waals surface area contributed by atoms with Gasteiger partial charge in [-0.15, -0.1) is 11.6 Å². The molecular weight excluding hydrogens is 250 g/mol. The van der Waals surface area contributed by atoms with E-state index in [2.05, 4.69) is 0 Å². The number of hydrogen-bond acceptors (Lipinski definition) is 1. The molecule has 0 unspecified atom stereocenters. The molecule has 0 aliphatic rings. The van der Waals surface area contributed by atoms with Crippen LogP contribution in [0.1, 0.15) is 25.7 Å². The Bertz CT molecular complexity index is 318. The average Bonchev–Trinajstić information content (AvgIpc) is 2.26. The van der Waals surface area contributed by atoms with Crippen molar-refractivity contribution in [1.29, 1.82) is 0 Å². The van der Waals surface area contributed by atoms with Crippen LogP contribution >= 0.6 is 23.2 Å². The summed E-state index contributed by atoms with van der Waals surface area (Å²) in [6, 6.07) is 4.15. The Morgan fingerprint density at radius 1 is 1.12 bits per heavy atom. The van der Waals surface area contributed by atoms with E-state index in [-0.39, 0.29) is 5.82 Å². The number of rotatable bonds is 7. The SMILES string of the molecule is Fc1ccc(OCCCCCCCl)c(Cl)c1. The molecule has 4 heteroatoms. The van der Waals surface area contributed by atoms with Gasteiger partial charge in [0.15, 0.2) is 0 Å². The van der Waals surface area contributed by atoms with E-state index in [1.807, 2.05) is 0 Å². The van der Waals surface area contributed by atoms with Crippen LogP contribution in [0.25, 0.3) is 0 Å². The zero-order chi connectivity index (χ0) is 11.8. The van der Waals surface area contributed by atoms with Crippen molar-refractivity contribution < 1.29 is 9.13 Å². The van der Waals surface area contributed by atoms with Gasteiger partial charge in [0.1, 0.15) is 11.6 Å². The second-order valence-electron chi connectivity index (χ2n) is 3.53. The Kier molecular flexibility index (Phi) is 6.58. The highest BCUT2D eigenvalue weighted by atomic mass is 35.5. The van der Waals surface area contributed by atoms with E-state index < -0.39 is 0 Å². The minimum absolute atomic E-state index is 0.320. The summed E-state index contributed by atoms with van der Waals surface area (Å²) in [5, 5.41) is 0.320. The van der Waals surface area contributed by atoms with E-state index in [4.69, 9.17) is 27.9 Å². The van der Waals surface area contributed by atoms with Crippen molar-refractivity contribution in [3.8, 4) is 5.75 Å². The van der Waals surface area contributed by atoms with Crippen LogP contribution in [0.2, 0.25) is 5.02 Å². The Labute approximate surface area is 106 Å². The van der Waals surface area contributed by atoms with Crippen LogP contribution in [0.5, 0.6) is 5.75 Å². The van der Waals surface area contributed by atoms with E-state index in [1.165, 1.54) is 12.1 Å². The molecule has 0 heterocycles. The lowest BCUT2D eigenvalue weighted by atomic mass is 10.2. The zero-order valence-corrected chi connectivity index (χ0v) is 10.5. The Morgan fingerprint density at radius 2 is 1.88 bits per heavy atom. The Balaban J connectivity index is 2.21.